The highest BCUT2D eigenvalue weighted by Crippen LogP contribution is 2.30. The predicted molar refractivity (Wildman–Crippen MR) is 177 cm³/mol. The molecule has 2 amide bonds. The van der Waals surface area contributed by atoms with Gasteiger partial charge in [-0.25, -0.2) is 14.6 Å². The average Bonchev–Trinajstić information content (AvgIpc) is 3.40. The Morgan fingerprint density at radius 1 is 1.00 bits per heavy atom. The molecule has 0 N–H and O–H groups in total. The summed E-state index contributed by atoms with van der Waals surface area (Å²) in [6.07, 6.45) is 6.91. The molecule has 13 heteroatoms. The summed E-state index contributed by atoms with van der Waals surface area (Å²) < 4.78 is 7.55. The fourth-order valence-corrected chi connectivity index (χ4v) is 6.26. The SMILES string of the molecule is CCOc1cccc(Cn2ncc3c(N4CCN(C(=O)C5CCC(N(CCN(C)C)C(C)=O)CC5)CC4)ncnc32)c1.Cl.Cl. The molecule has 0 spiro atoms. The van der Waals surface area contributed by atoms with E-state index < -0.39 is 0 Å². The number of amides is 2. The second-order valence-corrected chi connectivity index (χ2v) is 11.7. The van der Waals surface area contributed by atoms with Crippen LogP contribution in [0, 0.1) is 5.92 Å². The molecule has 1 aromatic carbocycles. The lowest BCUT2D eigenvalue weighted by Crippen LogP contribution is -2.51. The quantitative estimate of drug-likeness (QED) is 0.328. The fraction of sp³-hybridized carbons (Fsp3) is 0.581. The predicted octanol–water partition coefficient (Wildman–Crippen LogP) is 3.73. The molecular formula is C31H46Cl2N8O3. The van der Waals surface area contributed by atoms with Crippen LogP contribution in [0.4, 0.5) is 5.82 Å². The first kappa shape index (κ1) is 35.3. The van der Waals surface area contributed by atoms with E-state index >= 15 is 0 Å². The highest BCUT2D eigenvalue weighted by atomic mass is 35.5. The van der Waals surface area contributed by atoms with Crippen LogP contribution < -0.4 is 9.64 Å². The Morgan fingerprint density at radius 2 is 1.73 bits per heavy atom. The Bertz CT molecular complexity index is 1370. The average molecular weight is 650 g/mol. The molecule has 2 aliphatic rings. The number of hydrogen-bond acceptors (Lipinski definition) is 8. The smallest absolute Gasteiger partial charge is 0.225 e. The van der Waals surface area contributed by atoms with Crippen LogP contribution in [0.3, 0.4) is 0 Å². The molecule has 11 nitrogen and oxygen atoms in total. The van der Waals surface area contributed by atoms with E-state index in [4.69, 9.17) is 4.74 Å². The second kappa shape index (κ2) is 16.2. The fourth-order valence-electron chi connectivity index (χ4n) is 6.26. The van der Waals surface area contributed by atoms with Gasteiger partial charge in [0, 0.05) is 58.2 Å². The minimum atomic E-state index is 0. The van der Waals surface area contributed by atoms with Crippen molar-refractivity contribution in [2.45, 2.75) is 52.1 Å². The number of likely N-dealkylation sites (N-methyl/N-ethyl adjacent to an activating group) is 1. The molecule has 1 aliphatic carbocycles. The van der Waals surface area contributed by atoms with Crippen LogP contribution in [-0.2, 0) is 16.1 Å². The standard InChI is InChI=1S/C31H44N8O3.2ClH/c1-5-42-27-8-6-7-24(19-27)21-39-30-28(20-34-39)29(32-22-33-30)36-14-16-37(17-15-36)31(41)25-9-11-26(12-10-25)38(23(2)40)18-13-35(3)4;;/h6-8,19-20,22,25-26H,5,9-18,21H2,1-4H3;2*1H. The topological polar surface area (TPSA) is 99.9 Å². The zero-order valence-electron chi connectivity index (χ0n) is 26.2. The Kier molecular flexibility index (Phi) is 13.0. The minimum Gasteiger partial charge on any atom is -0.494 e. The molecule has 0 radical (unpaired) electrons. The number of piperazine rings is 1. The van der Waals surface area contributed by atoms with E-state index in [-0.39, 0.29) is 48.6 Å². The number of benzene rings is 1. The Morgan fingerprint density at radius 3 is 2.39 bits per heavy atom. The molecule has 3 heterocycles. The van der Waals surface area contributed by atoms with Gasteiger partial charge in [0.2, 0.25) is 11.8 Å². The molecular weight excluding hydrogens is 603 g/mol. The second-order valence-electron chi connectivity index (χ2n) is 11.7. The van der Waals surface area contributed by atoms with Gasteiger partial charge in [0.15, 0.2) is 5.65 Å². The molecule has 3 aromatic rings. The van der Waals surface area contributed by atoms with Gasteiger partial charge in [-0.1, -0.05) is 12.1 Å². The third-order valence-electron chi connectivity index (χ3n) is 8.52. The molecule has 5 rings (SSSR count). The van der Waals surface area contributed by atoms with Crippen LogP contribution in [0.5, 0.6) is 5.75 Å². The Balaban J connectivity index is 0.00000264. The maximum absolute atomic E-state index is 13.4. The number of anilines is 1. The summed E-state index contributed by atoms with van der Waals surface area (Å²) in [5.41, 5.74) is 1.89. The first-order chi connectivity index (χ1) is 20.3. The third-order valence-corrected chi connectivity index (χ3v) is 8.52. The van der Waals surface area contributed by atoms with Crippen LogP contribution in [0.25, 0.3) is 11.0 Å². The van der Waals surface area contributed by atoms with Crippen LogP contribution in [0.2, 0.25) is 0 Å². The van der Waals surface area contributed by atoms with Gasteiger partial charge in [-0.15, -0.1) is 24.8 Å². The highest BCUT2D eigenvalue weighted by Gasteiger charge is 2.34. The number of rotatable bonds is 10. The first-order valence-electron chi connectivity index (χ1n) is 15.2. The van der Waals surface area contributed by atoms with E-state index in [2.05, 4.69) is 30.9 Å². The lowest BCUT2D eigenvalue weighted by molar-refractivity contribution is -0.138. The number of aromatic nitrogens is 4. The molecule has 0 atom stereocenters. The molecule has 0 bridgehead atoms. The molecule has 242 valence electrons. The Hall–Kier alpha value is -3.15. The van der Waals surface area contributed by atoms with Crippen molar-refractivity contribution in [3.8, 4) is 5.75 Å². The number of nitrogens with zero attached hydrogens (tertiary/aromatic N) is 8. The summed E-state index contributed by atoms with van der Waals surface area (Å²) in [5, 5.41) is 5.55. The van der Waals surface area contributed by atoms with Crippen molar-refractivity contribution in [2.75, 3.05) is 64.9 Å². The summed E-state index contributed by atoms with van der Waals surface area (Å²) in [6, 6.07) is 8.28. The zero-order chi connectivity index (χ0) is 29.6. The monoisotopic (exact) mass is 648 g/mol. The van der Waals surface area contributed by atoms with E-state index in [9.17, 15) is 9.59 Å². The number of fused-ring (bicyclic) bond motifs is 1. The van der Waals surface area contributed by atoms with Gasteiger partial charge in [-0.3, -0.25) is 9.59 Å². The number of ether oxygens (including phenoxy) is 1. The molecule has 1 saturated carbocycles. The molecule has 0 unspecified atom stereocenters. The van der Waals surface area contributed by atoms with E-state index in [1.165, 1.54) is 0 Å². The van der Waals surface area contributed by atoms with Gasteiger partial charge in [0.05, 0.1) is 24.7 Å². The highest BCUT2D eigenvalue weighted by molar-refractivity contribution is 5.87. The van der Waals surface area contributed by atoms with Crippen LogP contribution in [0.1, 0.15) is 45.1 Å². The molecule has 2 fully saturated rings. The summed E-state index contributed by atoms with van der Waals surface area (Å²) >= 11 is 0. The van der Waals surface area contributed by atoms with Gasteiger partial charge in [-0.2, -0.15) is 5.10 Å². The van der Waals surface area contributed by atoms with Crippen molar-refractivity contribution in [2.24, 2.45) is 5.92 Å². The largest absolute Gasteiger partial charge is 0.494 e. The van der Waals surface area contributed by atoms with Gasteiger partial charge in [0.1, 0.15) is 17.9 Å². The maximum Gasteiger partial charge on any atom is 0.225 e. The molecule has 2 aromatic heterocycles. The van der Waals surface area contributed by atoms with Crippen molar-refractivity contribution >= 4 is 53.5 Å². The van der Waals surface area contributed by atoms with Crippen molar-refractivity contribution in [1.82, 2.24) is 34.4 Å². The van der Waals surface area contributed by atoms with E-state index in [0.29, 0.717) is 26.2 Å². The number of carbonyl (C=O) groups is 2. The lowest BCUT2D eigenvalue weighted by Gasteiger charge is -2.40. The van der Waals surface area contributed by atoms with Crippen molar-refractivity contribution in [1.29, 1.82) is 0 Å². The van der Waals surface area contributed by atoms with E-state index in [0.717, 1.165) is 80.0 Å². The zero-order valence-corrected chi connectivity index (χ0v) is 27.9. The molecule has 1 aliphatic heterocycles. The van der Waals surface area contributed by atoms with Crippen molar-refractivity contribution < 1.29 is 14.3 Å². The van der Waals surface area contributed by atoms with E-state index in [1.54, 1.807) is 13.3 Å². The first-order valence-corrected chi connectivity index (χ1v) is 15.2. The van der Waals surface area contributed by atoms with Gasteiger partial charge in [0.25, 0.3) is 0 Å². The maximum atomic E-state index is 13.4. The van der Waals surface area contributed by atoms with E-state index in [1.807, 2.05) is 59.9 Å². The lowest BCUT2D eigenvalue weighted by atomic mass is 9.84. The normalized spacial score (nSPS) is 18.5. The third kappa shape index (κ3) is 8.31. The molecule has 1 saturated heterocycles. The van der Waals surface area contributed by atoms with Crippen LogP contribution >= 0.6 is 24.8 Å². The van der Waals surface area contributed by atoms with Crippen LogP contribution in [-0.4, -0.2) is 112 Å². The van der Waals surface area contributed by atoms with Gasteiger partial charge in [-0.05, 0) is 64.4 Å². The number of halogens is 2. The summed E-state index contributed by atoms with van der Waals surface area (Å²) in [6.45, 7) is 9.22. The summed E-state index contributed by atoms with van der Waals surface area (Å²) in [4.78, 5) is 43.2. The Labute approximate surface area is 272 Å². The van der Waals surface area contributed by atoms with Crippen molar-refractivity contribution in [3.05, 3.63) is 42.4 Å². The summed E-state index contributed by atoms with van der Waals surface area (Å²) in [5.74, 6) is 2.14. The summed E-state index contributed by atoms with van der Waals surface area (Å²) in [7, 11) is 4.05. The minimum absolute atomic E-state index is 0. The van der Waals surface area contributed by atoms with Crippen molar-refractivity contribution in [3.63, 3.8) is 0 Å². The number of carbonyl (C=O) groups excluding carboxylic acids is 2. The van der Waals surface area contributed by atoms with Crippen LogP contribution in [0.15, 0.2) is 36.8 Å². The van der Waals surface area contributed by atoms with Gasteiger partial charge >= 0.3 is 0 Å². The molecule has 44 heavy (non-hydrogen) atoms. The van der Waals surface area contributed by atoms with Gasteiger partial charge < -0.3 is 24.3 Å². The number of hydrogen-bond donors (Lipinski definition) is 0.